The molecule has 0 unspecified atom stereocenters. The van der Waals surface area contributed by atoms with Gasteiger partial charge in [0.15, 0.2) is 0 Å². The van der Waals surface area contributed by atoms with Crippen molar-refractivity contribution in [1.29, 1.82) is 0 Å². The lowest BCUT2D eigenvalue weighted by atomic mass is 10.3. The molecule has 0 atom stereocenters. The minimum atomic E-state index is 0.389. The summed E-state index contributed by atoms with van der Waals surface area (Å²) in [6.45, 7) is 6.62. The topological polar surface area (TPSA) is 4.36 Å². The largest absolute Gasteiger partial charge is 0.314 e. The number of rotatable bonds is 0. The van der Waals surface area contributed by atoms with Gasteiger partial charge in [-0.15, -0.1) is 0 Å². The molecule has 0 saturated heterocycles. The summed E-state index contributed by atoms with van der Waals surface area (Å²) in [4.78, 5) is 3.44. The smallest absolute Gasteiger partial charge is 0.223 e. The summed E-state index contributed by atoms with van der Waals surface area (Å²) >= 11 is 0. The molecule has 0 aromatic rings. The first-order valence-corrected chi connectivity index (χ1v) is 2.80. The van der Waals surface area contributed by atoms with Gasteiger partial charge in [-0.05, 0) is 12.8 Å². The summed E-state index contributed by atoms with van der Waals surface area (Å²) in [7, 11) is 0. The van der Waals surface area contributed by atoms with Crippen molar-refractivity contribution in [1.82, 2.24) is 0 Å². The van der Waals surface area contributed by atoms with E-state index in [9.17, 15) is 0 Å². The number of hydrogen-bond acceptors (Lipinski definition) is 0. The molecule has 0 aromatic heterocycles. The Bertz CT molecular complexity index is 84.8. The quantitative estimate of drug-likeness (QED) is 0.404. The summed E-state index contributed by atoms with van der Waals surface area (Å²) in [6.07, 6.45) is 4.88. The lowest BCUT2D eigenvalue weighted by Crippen LogP contribution is -1.88. The first-order chi connectivity index (χ1) is 3.43. The minimum Gasteiger partial charge on any atom is -0.314 e. The highest BCUT2D eigenvalue weighted by Gasteiger charge is 2.17. The summed E-state index contributed by atoms with van der Waals surface area (Å²) in [5.74, 6) is 0. The summed E-state index contributed by atoms with van der Waals surface area (Å²) in [6, 6.07) is 0.389. The van der Waals surface area contributed by atoms with Crippen LogP contribution in [0.1, 0.15) is 25.7 Å². The second-order valence-corrected chi connectivity index (χ2v) is 2.07. The number of hydrogen-bond donors (Lipinski definition) is 0. The maximum atomic E-state index is 6.62. The average molecular weight is 95.1 g/mol. The molecule has 1 heteroatoms. The van der Waals surface area contributed by atoms with Crippen LogP contribution in [-0.2, 0) is 0 Å². The third-order valence-corrected chi connectivity index (χ3v) is 1.51. The van der Waals surface area contributed by atoms with Crippen molar-refractivity contribution < 1.29 is 0 Å². The molecule has 0 spiro atoms. The van der Waals surface area contributed by atoms with Crippen molar-refractivity contribution in [2.75, 3.05) is 0 Å². The van der Waals surface area contributed by atoms with Crippen LogP contribution in [0.15, 0.2) is 0 Å². The van der Waals surface area contributed by atoms with E-state index in [4.69, 9.17) is 6.57 Å². The highest BCUT2D eigenvalue weighted by Crippen LogP contribution is 2.20. The fourth-order valence-electron chi connectivity index (χ4n) is 1.03. The first kappa shape index (κ1) is 4.64. The predicted octanol–water partition coefficient (Wildman–Crippen LogP) is 1.85. The Morgan fingerprint density at radius 1 is 1.29 bits per heavy atom. The van der Waals surface area contributed by atoms with Crippen LogP contribution in [0.3, 0.4) is 0 Å². The molecule has 1 rings (SSSR count). The molecule has 0 heterocycles. The fraction of sp³-hybridized carbons (Fsp3) is 0.833. The zero-order valence-corrected chi connectivity index (χ0v) is 4.35. The van der Waals surface area contributed by atoms with Gasteiger partial charge in [-0.3, -0.25) is 0 Å². The summed E-state index contributed by atoms with van der Waals surface area (Å²) in [5.41, 5.74) is 0. The van der Waals surface area contributed by atoms with E-state index in [0.717, 1.165) is 12.8 Å². The molecule has 0 N–H and O–H groups in total. The molecule has 1 nitrogen and oxygen atoms in total. The molecular formula is C6H9N. The van der Waals surface area contributed by atoms with Gasteiger partial charge in [0.1, 0.15) is 0 Å². The molecule has 0 bridgehead atoms. The van der Waals surface area contributed by atoms with E-state index in [2.05, 4.69) is 4.85 Å². The summed E-state index contributed by atoms with van der Waals surface area (Å²) in [5, 5.41) is 0. The molecule has 1 saturated carbocycles. The van der Waals surface area contributed by atoms with Crippen LogP contribution < -0.4 is 0 Å². The maximum absolute atomic E-state index is 6.62. The van der Waals surface area contributed by atoms with Gasteiger partial charge >= 0.3 is 0 Å². The molecule has 0 radical (unpaired) electrons. The Morgan fingerprint density at radius 2 is 1.86 bits per heavy atom. The van der Waals surface area contributed by atoms with Crippen LogP contribution in [-0.4, -0.2) is 6.04 Å². The van der Waals surface area contributed by atoms with Gasteiger partial charge in [-0.1, -0.05) is 0 Å². The number of nitrogens with zero attached hydrogens (tertiary/aromatic N) is 1. The van der Waals surface area contributed by atoms with Crippen LogP contribution in [0.25, 0.3) is 4.85 Å². The van der Waals surface area contributed by atoms with E-state index in [1.165, 1.54) is 12.8 Å². The fourth-order valence-corrected chi connectivity index (χ4v) is 1.03. The van der Waals surface area contributed by atoms with Crippen molar-refractivity contribution in [2.24, 2.45) is 0 Å². The molecule has 0 aromatic carbocycles. The van der Waals surface area contributed by atoms with E-state index in [0.29, 0.717) is 6.04 Å². The zero-order chi connectivity index (χ0) is 5.11. The Labute approximate surface area is 44.2 Å². The Morgan fingerprint density at radius 3 is 2.14 bits per heavy atom. The van der Waals surface area contributed by atoms with Gasteiger partial charge in [0.25, 0.3) is 0 Å². The monoisotopic (exact) mass is 95.1 g/mol. The first-order valence-electron chi connectivity index (χ1n) is 2.80. The van der Waals surface area contributed by atoms with E-state index in [1.54, 1.807) is 0 Å². The summed E-state index contributed by atoms with van der Waals surface area (Å²) < 4.78 is 0. The lowest BCUT2D eigenvalue weighted by molar-refractivity contribution is 0.808. The third kappa shape index (κ3) is 0.928. The van der Waals surface area contributed by atoms with Gasteiger partial charge in [-0.2, -0.15) is 0 Å². The Balaban J connectivity index is 2.31. The second kappa shape index (κ2) is 1.97. The zero-order valence-electron chi connectivity index (χ0n) is 4.35. The van der Waals surface area contributed by atoms with Gasteiger partial charge < -0.3 is 4.85 Å². The van der Waals surface area contributed by atoms with Crippen LogP contribution >= 0.6 is 0 Å². The lowest BCUT2D eigenvalue weighted by Gasteiger charge is -1.85. The SMILES string of the molecule is [C-]#[N+]C1CCCC1. The van der Waals surface area contributed by atoms with Gasteiger partial charge in [0.05, 0.1) is 0 Å². The van der Waals surface area contributed by atoms with E-state index in [-0.39, 0.29) is 0 Å². The molecule has 0 amide bonds. The van der Waals surface area contributed by atoms with Crippen LogP contribution in [0, 0.1) is 6.57 Å². The Hall–Kier alpha value is -0.510. The highest BCUT2D eigenvalue weighted by molar-refractivity contribution is 4.82. The third-order valence-electron chi connectivity index (χ3n) is 1.51. The molecule has 1 aliphatic rings. The molecule has 1 fully saturated rings. The average Bonchev–Trinajstić information content (AvgIpc) is 2.14. The highest BCUT2D eigenvalue weighted by atomic mass is 14.7. The maximum Gasteiger partial charge on any atom is 0.223 e. The molecule has 1 aliphatic carbocycles. The van der Waals surface area contributed by atoms with Crippen molar-refractivity contribution in [3.8, 4) is 0 Å². The normalized spacial score (nSPS) is 22.1. The Kier molecular flexibility index (Phi) is 1.31. The van der Waals surface area contributed by atoms with Crippen molar-refractivity contribution in [2.45, 2.75) is 31.7 Å². The van der Waals surface area contributed by atoms with Crippen molar-refractivity contribution in [3.05, 3.63) is 11.4 Å². The van der Waals surface area contributed by atoms with Crippen LogP contribution in [0.2, 0.25) is 0 Å². The van der Waals surface area contributed by atoms with Gasteiger partial charge in [0, 0.05) is 12.8 Å². The van der Waals surface area contributed by atoms with E-state index in [1.807, 2.05) is 0 Å². The van der Waals surface area contributed by atoms with Crippen molar-refractivity contribution in [3.63, 3.8) is 0 Å². The van der Waals surface area contributed by atoms with Crippen LogP contribution in [0.5, 0.6) is 0 Å². The minimum absolute atomic E-state index is 0.389. The molecular weight excluding hydrogens is 86.1 g/mol. The molecule has 0 aliphatic heterocycles. The molecule has 7 heavy (non-hydrogen) atoms. The molecule has 38 valence electrons. The van der Waals surface area contributed by atoms with E-state index >= 15 is 0 Å². The van der Waals surface area contributed by atoms with Gasteiger partial charge in [-0.25, -0.2) is 6.57 Å². The van der Waals surface area contributed by atoms with Crippen LogP contribution in [0.4, 0.5) is 0 Å². The van der Waals surface area contributed by atoms with Crippen molar-refractivity contribution >= 4 is 0 Å². The second-order valence-electron chi connectivity index (χ2n) is 2.07. The van der Waals surface area contributed by atoms with Gasteiger partial charge in [0.2, 0.25) is 6.04 Å². The predicted molar refractivity (Wildman–Crippen MR) is 28.9 cm³/mol. The van der Waals surface area contributed by atoms with E-state index < -0.39 is 0 Å². The standard InChI is InChI=1S/C6H9N/c1-7-6-4-2-3-5-6/h6H,2-5H2.